The van der Waals surface area contributed by atoms with Crippen molar-refractivity contribution in [3.05, 3.63) is 89.8 Å². The molecule has 138 valence electrons. The van der Waals surface area contributed by atoms with Crippen molar-refractivity contribution in [2.45, 2.75) is 6.18 Å². The van der Waals surface area contributed by atoms with Crippen LogP contribution < -0.4 is 14.8 Å². The maximum atomic E-state index is 12.8. The number of aromatic amines is 1. The summed E-state index contributed by atoms with van der Waals surface area (Å²) in [5, 5.41) is 0.494. The Morgan fingerprint density at radius 2 is 1.81 bits per heavy atom. The zero-order valence-electron chi connectivity index (χ0n) is 13.5. The van der Waals surface area contributed by atoms with E-state index in [1.165, 1.54) is 24.3 Å². The number of hydrogen-bond donors (Lipinski definition) is 1. The summed E-state index contributed by atoms with van der Waals surface area (Å²) in [5.41, 5.74) is -0.633. The summed E-state index contributed by atoms with van der Waals surface area (Å²) in [6.07, 6.45) is -1.85. The molecule has 0 fully saturated rings. The number of aromatic nitrogens is 1. The molecule has 1 N–H and O–H groups in total. The minimum atomic E-state index is -4.46. The molecule has 0 saturated carbocycles. The van der Waals surface area contributed by atoms with E-state index in [0.29, 0.717) is 15.2 Å². The smallest absolute Gasteiger partial charge is 0.313 e. The van der Waals surface area contributed by atoms with Crippen molar-refractivity contribution < 1.29 is 18.0 Å². The van der Waals surface area contributed by atoms with Crippen molar-refractivity contribution in [3.8, 4) is 0 Å². The second-order valence-electron chi connectivity index (χ2n) is 5.57. The molecule has 0 unspecified atom stereocenters. The van der Waals surface area contributed by atoms with Gasteiger partial charge in [0.05, 0.1) is 14.8 Å². The van der Waals surface area contributed by atoms with Gasteiger partial charge in [-0.15, -0.1) is 11.3 Å². The number of Topliss-reactive ketones (excluding diaryl/α,β-unsaturated/α-hetero) is 1. The standard InChI is InChI=1S/C19H11ClF3NO2S/c20-14-6-4-12(5-7-14)15(25)10-17-24-18(26)16(27-17)9-11-2-1-3-13(8-11)19(21,22)23/h1-10H,(H,24,26). The van der Waals surface area contributed by atoms with E-state index in [2.05, 4.69) is 4.98 Å². The zero-order valence-corrected chi connectivity index (χ0v) is 15.1. The Morgan fingerprint density at radius 1 is 1.11 bits per heavy atom. The lowest BCUT2D eigenvalue weighted by atomic mass is 10.1. The van der Waals surface area contributed by atoms with Crippen LogP contribution in [0.5, 0.6) is 0 Å². The van der Waals surface area contributed by atoms with Gasteiger partial charge in [0.2, 0.25) is 0 Å². The van der Waals surface area contributed by atoms with Crippen molar-refractivity contribution in [1.29, 1.82) is 0 Å². The summed E-state index contributed by atoms with van der Waals surface area (Å²) < 4.78 is 38.9. The highest BCUT2D eigenvalue weighted by Crippen LogP contribution is 2.29. The number of benzene rings is 2. The van der Waals surface area contributed by atoms with Crippen LogP contribution in [0.2, 0.25) is 5.02 Å². The van der Waals surface area contributed by atoms with E-state index in [9.17, 15) is 22.8 Å². The third-order valence-electron chi connectivity index (χ3n) is 3.58. The molecule has 0 aliphatic rings. The minimum Gasteiger partial charge on any atom is -0.313 e. The van der Waals surface area contributed by atoms with Crippen molar-refractivity contribution in [1.82, 2.24) is 4.98 Å². The number of hydrogen-bond acceptors (Lipinski definition) is 3. The van der Waals surface area contributed by atoms with Crippen LogP contribution >= 0.6 is 22.9 Å². The predicted molar refractivity (Wildman–Crippen MR) is 99.4 cm³/mol. The van der Waals surface area contributed by atoms with E-state index in [4.69, 9.17) is 11.6 Å². The van der Waals surface area contributed by atoms with E-state index < -0.39 is 17.3 Å². The number of thiazole rings is 1. The Hall–Kier alpha value is -2.64. The van der Waals surface area contributed by atoms with Gasteiger partial charge in [0.1, 0.15) is 0 Å². The first-order valence-corrected chi connectivity index (χ1v) is 8.81. The number of nitrogens with one attached hydrogen (secondary N) is 1. The number of H-pyrrole nitrogens is 1. The van der Waals surface area contributed by atoms with Crippen LogP contribution in [0, 0.1) is 0 Å². The Labute approximate surface area is 160 Å². The fourth-order valence-corrected chi connectivity index (χ4v) is 3.31. The molecule has 8 heteroatoms. The molecule has 0 saturated heterocycles. The van der Waals surface area contributed by atoms with Crippen molar-refractivity contribution in [3.63, 3.8) is 0 Å². The zero-order chi connectivity index (χ0) is 19.6. The molecule has 0 aliphatic carbocycles. The molecule has 0 radical (unpaired) electrons. The monoisotopic (exact) mass is 409 g/mol. The average molecular weight is 410 g/mol. The minimum absolute atomic E-state index is 0.199. The lowest BCUT2D eigenvalue weighted by molar-refractivity contribution is -0.137. The molecular weight excluding hydrogens is 399 g/mol. The fraction of sp³-hybridized carbons (Fsp3) is 0.0526. The molecule has 3 rings (SSSR count). The number of halogens is 4. The van der Waals surface area contributed by atoms with Crippen LogP contribution in [-0.4, -0.2) is 10.8 Å². The van der Waals surface area contributed by atoms with Gasteiger partial charge in [0.25, 0.3) is 5.56 Å². The lowest BCUT2D eigenvalue weighted by Gasteiger charge is -2.06. The number of rotatable bonds is 3. The van der Waals surface area contributed by atoms with Crippen LogP contribution in [-0.2, 0) is 6.18 Å². The van der Waals surface area contributed by atoms with Crippen LogP contribution in [0.15, 0.2) is 53.3 Å². The number of ketones is 1. The molecule has 3 aromatic rings. The van der Waals surface area contributed by atoms with E-state index in [0.717, 1.165) is 23.5 Å². The van der Waals surface area contributed by atoms with E-state index >= 15 is 0 Å². The van der Waals surface area contributed by atoms with Gasteiger partial charge in [-0.1, -0.05) is 23.7 Å². The van der Waals surface area contributed by atoms with Gasteiger partial charge in [-0.25, -0.2) is 0 Å². The molecule has 0 atom stereocenters. The first kappa shape index (κ1) is 19.1. The highest BCUT2D eigenvalue weighted by atomic mass is 35.5. The summed E-state index contributed by atoms with van der Waals surface area (Å²) in [5.74, 6) is -0.324. The fourth-order valence-electron chi connectivity index (χ4n) is 2.30. The second-order valence-corrected chi connectivity index (χ2v) is 7.09. The maximum absolute atomic E-state index is 12.8. The summed E-state index contributed by atoms with van der Waals surface area (Å²) in [7, 11) is 0. The highest BCUT2D eigenvalue weighted by molar-refractivity contribution is 7.07. The summed E-state index contributed by atoms with van der Waals surface area (Å²) in [6, 6.07) is 10.9. The van der Waals surface area contributed by atoms with Gasteiger partial charge >= 0.3 is 6.18 Å². The van der Waals surface area contributed by atoms with Gasteiger partial charge in [-0.05, 0) is 48.0 Å². The third-order valence-corrected chi connectivity index (χ3v) is 4.80. The highest BCUT2D eigenvalue weighted by Gasteiger charge is 2.30. The third kappa shape index (κ3) is 4.75. The molecule has 0 spiro atoms. The predicted octanol–water partition coefficient (Wildman–Crippen LogP) is 3.60. The molecule has 2 aromatic carbocycles. The largest absolute Gasteiger partial charge is 0.416 e. The summed E-state index contributed by atoms with van der Waals surface area (Å²) in [4.78, 5) is 26.8. The summed E-state index contributed by atoms with van der Waals surface area (Å²) in [6.45, 7) is 0. The van der Waals surface area contributed by atoms with Crippen LogP contribution in [0.25, 0.3) is 12.2 Å². The van der Waals surface area contributed by atoms with Crippen molar-refractivity contribution in [2.75, 3.05) is 0 Å². The molecule has 0 bridgehead atoms. The molecule has 27 heavy (non-hydrogen) atoms. The first-order chi connectivity index (χ1) is 12.7. The van der Waals surface area contributed by atoms with E-state index in [-0.39, 0.29) is 15.9 Å². The molecular formula is C19H11ClF3NO2S. The SMILES string of the molecule is O=C(C=c1[nH]c(=O)c(=Cc2cccc(C(F)(F)F)c2)s1)c1ccc(Cl)cc1. The van der Waals surface area contributed by atoms with Gasteiger partial charge < -0.3 is 4.98 Å². The molecule has 0 aliphatic heterocycles. The van der Waals surface area contributed by atoms with Crippen molar-refractivity contribution >= 4 is 40.9 Å². The molecule has 1 aromatic heterocycles. The van der Waals surface area contributed by atoms with Gasteiger partial charge in [0.15, 0.2) is 5.78 Å². The normalized spacial score (nSPS) is 13.2. The van der Waals surface area contributed by atoms with E-state index in [1.807, 2.05) is 0 Å². The average Bonchev–Trinajstić information content (AvgIpc) is 2.94. The Morgan fingerprint density at radius 3 is 2.48 bits per heavy atom. The Balaban J connectivity index is 1.97. The molecule has 3 nitrogen and oxygen atoms in total. The van der Waals surface area contributed by atoms with Gasteiger partial charge in [0, 0.05) is 16.7 Å². The number of carbonyl (C=O) groups excluding carboxylic acids is 1. The maximum Gasteiger partial charge on any atom is 0.416 e. The van der Waals surface area contributed by atoms with Gasteiger partial charge in [-0.3, -0.25) is 9.59 Å². The Kier molecular flexibility index (Phi) is 5.34. The quantitative estimate of drug-likeness (QED) is 0.672. The van der Waals surface area contributed by atoms with Crippen molar-refractivity contribution in [2.24, 2.45) is 0 Å². The lowest BCUT2D eigenvalue weighted by Crippen LogP contribution is -2.20. The van der Waals surface area contributed by atoms with Crippen LogP contribution in [0.1, 0.15) is 21.5 Å². The summed E-state index contributed by atoms with van der Waals surface area (Å²) >= 11 is 6.76. The van der Waals surface area contributed by atoms with E-state index in [1.54, 1.807) is 24.3 Å². The van der Waals surface area contributed by atoms with Crippen LogP contribution in [0.4, 0.5) is 13.2 Å². The molecule has 1 heterocycles. The molecule has 0 amide bonds. The number of alkyl halides is 3. The van der Waals surface area contributed by atoms with Crippen LogP contribution in [0.3, 0.4) is 0 Å². The van der Waals surface area contributed by atoms with Gasteiger partial charge in [-0.2, -0.15) is 13.2 Å². The Bertz CT molecular complexity index is 1160. The second kappa shape index (κ2) is 7.54. The topological polar surface area (TPSA) is 49.9 Å². The number of carbonyl (C=O) groups is 1. The first-order valence-electron chi connectivity index (χ1n) is 7.62.